The molecule has 0 fully saturated rings. The first kappa shape index (κ1) is 11.2. The van der Waals surface area contributed by atoms with Crippen LogP contribution in [0.2, 0.25) is 0 Å². The summed E-state index contributed by atoms with van der Waals surface area (Å²) < 4.78 is 0. The van der Waals surface area contributed by atoms with Gasteiger partial charge in [0.1, 0.15) is 0 Å². The largest absolute Gasteiger partial charge is 0.481 e. The summed E-state index contributed by atoms with van der Waals surface area (Å²) in [5, 5.41) is 8.86. The monoisotopic (exact) mass is 170 g/mol. The molecule has 0 aliphatic heterocycles. The third-order valence-corrected chi connectivity index (χ3v) is 2.06. The van der Waals surface area contributed by atoms with E-state index in [1.165, 1.54) is 0 Å². The number of hydrogen-bond acceptors (Lipinski definition) is 1. The molecule has 0 aromatic rings. The van der Waals surface area contributed by atoms with E-state index in [-0.39, 0.29) is 5.92 Å². The highest BCUT2D eigenvalue weighted by Crippen LogP contribution is 2.19. The fraction of sp³-hybridized carbons (Fsp3) is 0.700. The van der Waals surface area contributed by atoms with E-state index in [1.54, 1.807) is 0 Å². The van der Waals surface area contributed by atoms with Gasteiger partial charge in [0.15, 0.2) is 0 Å². The average molecular weight is 170 g/mol. The number of allylic oxidation sites excluding steroid dienone is 1. The molecule has 1 N–H and O–H groups in total. The zero-order valence-electron chi connectivity index (χ0n) is 8.13. The zero-order chi connectivity index (χ0) is 9.56. The molecular formula is C10H18O2. The van der Waals surface area contributed by atoms with Gasteiger partial charge in [-0.2, -0.15) is 0 Å². The lowest BCUT2D eigenvalue weighted by molar-refractivity contribution is -0.140. The Morgan fingerprint density at radius 3 is 2.33 bits per heavy atom. The molecule has 1 atom stereocenters. The summed E-state index contributed by atoms with van der Waals surface area (Å²) in [7, 11) is 0. The van der Waals surface area contributed by atoms with Crippen molar-refractivity contribution in [1.29, 1.82) is 0 Å². The Morgan fingerprint density at radius 2 is 2.08 bits per heavy atom. The van der Waals surface area contributed by atoms with Crippen molar-refractivity contribution >= 4 is 5.97 Å². The summed E-state index contributed by atoms with van der Waals surface area (Å²) >= 11 is 0. The molecule has 0 rings (SSSR count). The summed E-state index contributed by atoms with van der Waals surface area (Å²) in [5.74, 6) is -0.964. The third kappa shape index (κ3) is 3.07. The molecule has 1 unspecified atom stereocenters. The van der Waals surface area contributed by atoms with E-state index in [9.17, 15) is 4.79 Å². The standard InChI is InChI=1S/C10H18O2/c1-4-7-8(5-2)9(6-3)10(11)12/h5,9H,4,6-7H2,1-3H3,(H,11,12). The maximum Gasteiger partial charge on any atom is 0.310 e. The highest BCUT2D eigenvalue weighted by molar-refractivity contribution is 5.73. The molecular weight excluding hydrogens is 152 g/mol. The zero-order valence-corrected chi connectivity index (χ0v) is 8.13. The minimum Gasteiger partial charge on any atom is -0.481 e. The van der Waals surface area contributed by atoms with Gasteiger partial charge >= 0.3 is 5.97 Å². The average Bonchev–Trinajstić information content (AvgIpc) is 2.03. The van der Waals surface area contributed by atoms with Gasteiger partial charge < -0.3 is 5.11 Å². The fourth-order valence-corrected chi connectivity index (χ4v) is 1.40. The molecule has 0 heterocycles. The van der Waals surface area contributed by atoms with Crippen molar-refractivity contribution in [2.75, 3.05) is 0 Å². The molecule has 70 valence electrons. The predicted molar refractivity (Wildman–Crippen MR) is 50.1 cm³/mol. The smallest absolute Gasteiger partial charge is 0.310 e. The molecule has 0 radical (unpaired) electrons. The van der Waals surface area contributed by atoms with Gasteiger partial charge in [-0.05, 0) is 19.8 Å². The maximum atomic E-state index is 10.8. The van der Waals surface area contributed by atoms with Gasteiger partial charge in [-0.25, -0.2) is 0 Å². The molecule has 0 saturated heterocycles. The van der Waals surface area contributed by atoms with E-state index in [0.717, 1.165) is 18.4 Å². The van der Waals surface area contributed by atoms with Crippen molar-refractivity contribution in [3.63, 3.8) is 0 Å². The van der Waals surface area contributed by atoms with Crippen LogP contribution >= 0.6 is 0 Å². The maximum absolute atomic E-state index is 10.8. The molecule has 12 heavy (non-hydrogen) atoms. The minimum atomic E-state index is -0.695. The molecule has 2 heteroatoms. The molecule has 0 aliphatic rings. The second kappa shape index (κ2) is 5.81. The van der Waals surface area contributed by atoms with Crippen LogP contribution in [-0.2, 0) is 4.79 Å². The first-order valence-electron chi connectivity index (χ1n) is 4.55. The Hall–Kier alpha value is -0.790. The van der Waals surface area contributed by atoms with Crippen LogP contribution in [0.5, 0.6) is 0 Å². The van der Waals surface area contributed by atoms with E-state index in [0.29, 0.717) is 6.42 Å². The third-order valence-electron chi connectivity index (χ3n) is 2.06. The highest BCUT2D eigenvalue weighted by Gasteiger charge is 2.18. The van der Waals surface area contributed by atoms with E-state index in [1.807, 2.05) is 19.9 Å². The van der Waals surface area contributed by atoms with Crippen molar-refractivity contribution in [1.82, 2.24) is 0 Å². The second-order valence-electron chi connectivity index (χ2n) is 2.91. The van der Waals surface area contributed by atoms with Crippen LogP contribution in [0.1, 0.15) is 40.0 Å². The number of hydrogen-bond donors (Lipinski definition) is 1. The highest BCUT2D eigenvalue weighted by atomic mass is 16.4. The predicted octanol–water partition coefficient (Wildman–Crippen LogP) is 2.84. The molecule has 0 amide bonds. The molecule has 0 aromatic carbocycles. The lowest BCUT2D eigenvalue weighted by Crippen LogP contribution is -2.15. The lowest BCUT2D eigenvalue weighted by atomic mass is 9.93. The fourth-order valence-electron chi connectivity index (χ4n) is 1.40. The molecule has 2 nitrogen and oxygen atoms in total. The first-order valence-corrected chi connectivity index (χ1v) is 4.55. The van der Waals surface area contributed by atoms with Gasteiger partial charge in [0.05, 0.1) is 5.92 Å². The van der Waals surface area contributed by atoms with Gasteiger partial charge in [-0.15, -0.1) is 0 Å². The number of carbonyl (C=O) groups is 1. The van der Waals surface area contributed by atoms with Crippen molar-refractivity contribution in [2.24, 2.45) is 5.92 Å². The van der Waals surface area contributed by atoms with Crippen LogP contribution in [-0.4, -0.2) is 11.1 Å². The Labute approximate surface area is 74.3 Å². The molecule has 0 spiro atoms. The van der Waals surface area contributed by atoms with E-state index < -0.39 is 5.97 Å². The van der Waals surface area contributed by atoms with Crippen LogP contribution in [0.4, 0.5) is 0 Å². The topological polar surface area (TPSA) is 37.3 Å². The second-order valence-corrected chi connectivity index (χ2v) is 2.91. The van der Waals surface area contributed by atoms with Crippen LogP contribution in [0.25, 0.3) is 0 Å². The molecule has 0 bridgehead atoms. The quantitative estimate of drug-likeness (QED) is 0.644. The van der Waals surface area contributed by atoms with Crippen LogP contribution in [0.15, 0.2) is 11.6 Å². The van der Waals surface area contributed by atoms with E-state index in [4.69, 9.17) is 5.11 Å². The van der Waals surface area contributed by atoms with Gasteiger partial charge in [0, 0.05) is 0 Å². The van der Waals surface area contributed by atoms with Crippen molar-refractivity contribution in [3.05, 3.63) is 11.6 Å². The number of aliphatic carboxylic acids is 1. The van der Waals surface area contributed by atoms with Gasteiger partial charge in [0.2, 0.25) is 0 Å². The van der Waals surface area contributed by atoms with Gasteiger partial charge in [-0.3, -0.25) is 4.79 Å². The SMILES string of the molecule is CC=C(CCC)C(CC)C(=O)O. The van der Waals surface area contributed by atoms with Crippen molar-refractivity contribution < 1.29 is 9.90 Å². The number of carboxylic acids is 1. The lowest BCUT2D eigenvalue weighted by Gasteiger charge is -2.13. The van der Waals surface area contributed by atoms with Crippen LogP contribution in [0, 0.1) is 5.92 Å². The van der Waals surface area contributed by atoms with E-state index in [2.05, 4.69) is 6.92 Å². The number of rotatable bonds is 5. The van der Waals surface area contributed by atoms with E-state index >= 15 is 0 Å². The minimum absolute atomic E-state index is 0.269. The van der Waals surface area contributed by atoms with Gasteiger partial charge in [-0.1, -0.05) is 31.9 Å². The van der Waals surface area contributed by atoms with Crippen molar-refractivity contribution in [3.8, 4) is 0 Å². The molecule has 0 aromatic heterocycles. The normalized spacial score (nSPS) is 14.4. The summed E-state index contributed by atoms with van der Waals surface area (Å²) in [6.45, 7) is 5.90. The summed E-state index contributed by atoms with van der Waals surface area (Å²) in [6, 6.07) is 0. The van der Waals surface area contributed by atoms with Crippen LogP contribution < -0.4 is 0 Å². The summed E-state index contributed by atoms with van der Waals surface area (Å²) in [6.07, 6.45) is 4.55. The first-order chi connectivity index (χ1) is 5.67. The molecule has 0 aliphatic carbocycles. The summed E-state index contributed by atoms with van der Waals surface area (Å²) in [5.41, 5.74) is 1.06. The van der Waals surface area contributed by atoms with Gasteiger partial charge in [0.25, 0.3) is 0 Å². The Bertz CT molecular complexity index is 171. The number of carboxylic acid groups (broad SMARTS) is 1. The summed E-state index contributed by atoms with van der Waals surface area (Å²) in [4.78, 5) is 10.8. The Balaban J connectivity index is 4.35. The molecule has 0 saturated carbocycles. The van der Waals surface area contributed by atoms with Crippen LogP contribution in [0.3, 0.4) is 0 Å². The Kier molecular flexibility index (Phi) is 5.43. The Morgan fingerprint density at radius 1 is 1.50 bits per heavy atom. The van der Waals surface area contributed by atoms with Crippen molar-refractivity contribution in [2.45, 2.75) is 40.0 Å².